The van der Waals surface area contributed by atoms with Gasteiger partial charge in [0.05, 0.1) is 23.3 Å². The lowest BCUT2D eigenvalue weighted by Crippen LogP contribution is -2.41. The molecule has 1 amide bonds. The van der Waals surface area contributed by atoms with Crippen LogP contribution in [0.15, 0.2) is 29.2 Å². The Balaban J connectivity index is 2.46. The first-order valence-electron chi connectivity index (χ1n) is 6.21. The highest BCUT2D eigenvalue weighted by atomic mass is 32.2. The van der Waals surface area contributed by atoms with Crippen LogP contribution in [0, 0.1) is 16.0 Å². The van der Waals surface area contributed by atoms with Gasteiger partial charge in [-0.2, -0.15) is 0 Å². The first-order valence-corrected chi connectivity index (χ1v) is 7.20. The Morgan fingerprint density at radius 3 is 2.45 bits per heavy atom. The van der Waals surface area contributed by atoms with E-state index in [0.717, 1.165) is 4.90 Å². The number of nitrogens with zero attached hydrogens (tertiary/aromatic N) is 1. The number of non-ortho nitro benzene ring substituents is 1. The molecule has 1 aromatic carbocycles. The van der Waals surface area contributed by atoms with Gasteiger partial charge < -0.3 is 10.4 Å². The van der Waals surface area contributed by atoms with Gasteiger partial charge in [0.1, 0.15) is 0 Å². The Morgan fingerprint density at radius 2 is 2.00 bits per heavy atom. The Bertz CT molecular complexity index is 462. The average Bonchev–Trinajstić information content (AvgIpc) is 2.42. The minimum atomic E-state index is -0.463. The van der Waals surface area contributed by atoms with Crippen molar-refractivity contribution in [3.8, 4) is 0 Å². The van der Waals surface area contributed by atoms with Crippen LogP contribution in [0.4, 0.5) is 5.69 Å². The molecule has 0 aliphatic carbocycles. The number of nitro groups is 1. The molecular formula is C13H18N2O4S. The second kappa shape index (κ2) is 7.86. The van der Waals surface area contributed by atoms with E-state index in [2.05, 4.69) is 5.32 Å². The van der Waals surface area contributed by atoms with Gasteiger partial charge >= 0.3 is 0 Å². The van der Waals surface area contributed by atoms with Crippen molar-refractivity contribution in [1.29, 1.82) is 0 Å². The number of carbonyl (C=O) groups excluding carboxylic acids is 1. The van der Waals surface area contributed by atoms with Gasteiger partial charge in [0.2, 0.25) is 5.91 Å². The lowest BCUT2D eigenvalue weighted by atomic mass is 10.1. The molecular weight excluding hydrogens is 280 g/mol. The van der Waals surface area contributed by atoms with Crippen molar-refractivity contribution in [3.63, 3.8) is 0 Å². The molecule has 0 saturated carbocycles. The zero-order valence-electron chi connectivity index (χ0n) is 11.4. The lowest BCUT2D eigenvalue weighted by Gasteiger charge is -2.19. The molecule has 0 spiro atoms. The van der Waals surface area contributed by atoms with Crippen molar-refractivity contribution in [2.24, 2.45) is 5.92 Å². The number of aliphatic hydroxyl groups is 1. The zero-order chi connectivity index (χ0) is 15.1. The largest absolute Gasteiger partial charge is 0.394 e. The molecule has 0 radical (unpaired) electrons. The Morgan fingerprint density at radius 1 is 1.40 bits per heavy atom. The van der Waals surface area contributed by atoms with Crippen LogP contribution >= 0.6 is 11.8 Å². The van der Waals surface area contributed by atoms with Crippen molar-refractivity contribution >= 4 is 23.4 Å². The number of hydrogen-bond donors (Lipinski definition) is 2. The maximum Gasteiger partial charge on any atom is 0.269 e. The van der Waals surface area contributed by atoms with E-state index in [0.29, 0.717) is 0 Å². The summed E-state index contributed by atoms with van der Waals surface area (Å²) in [5.74, 6) is 0.204. The molecule has 1 unspecified atom stereocenters. The standard InChI is InChI=1S/C13H18N2O4S/c1-9(2)12(7-16)14-13(17)8-20-11-5-3-10(4-6-11)15(18)19/h3-6,9,12,16H,7-8H2,1-2H3,(H,14,17). The summed E-state index contributed by atoms with van der Waals surface area (Å²) >= 11 is 1.30. The van der Waals surface area contributed by atoms with E-state index in [9.17, 15) is 14.9 Å². The molecule has 0 saturated heterocycles. The smallest absolute Gasteiger partial charge is 0.269 e. The molecule has 0 aromatic heterocycles. The molecule has 0 aliphatic heterocycles. The summed E-state index contributed by atoms with van der Waals surface area (Å²) in [6.45, 7) is 3.75. The van der Waals surface area contributed by atoms with Crippen molar-refractivity contribution in [2.75, 3.05) is 12.4 Å². The molecule has 0 fully saturated rings. The van der Waals surface area contributed by atoms with Crippen LogP contribution in [0.5, 0.6) is 0 Å². The summed E-state index contributed by atoms with van der Waals surface area (Å²) in [5.41, 5.74) is 0.0268. The van der Waals surface area contributed by atoms with Crippen molar-refractivity contribution in [3.05, 3.63) is 34.4 Å². The Hall–Kier alpha value is -1.60. The third kappa shape index (κ3) is 5.18. The highest BCUT2D eigenvalue weighted by Crippen LogP contribution is 2.21. The zero-order valence-corrected chi connectivity index (χ0v) is 12.2. The number of hydrogen-bond acceptors (Lipinski definition) is 5. The molecule has 0 bridgehead atoms. The van der Waals surface area contributed by atoms with Gasteiger partial charge in [-0.25, -0.2) is 0 Å². The van der Waals surface area contributed by atoms with Crippen LogP contribution in [-0.4, -0.2) is 34.3 Å². The third-order valence-electron chi connectivity index (χ3n) is 2.77. The molecule has 0 aliphatic rings. The maximum absolute atomic E-state index is 11.7. The lowest BCUT2D eigenvalue weighted by molar-refractivity contribution is -0.384. The van der Waals surface area contributed by atoms with E-state index in [1.165, 1.54) is 23.9 Å². The fraction of sp³-hybridized carbons (Fsp3) is 0.462. The molecule has 20 heavy (non-hydrogen) atoms. The van der Waals surface area contributed by atoms with Crippen LogP contribution in [-0.2, 0) is 4.79 Å². The van der Waals surface area contributed by atoms with Gasteiger partial charge in [0, 0.05) is 17.0 Å². The molecule has 110 valence electrons. The summed E-state index contributed by atoms with van der Waals surface area (Å²) in [7, 11) is 0. The predicted molar refractivity (Wildman–Crippen MR) is 77.7 cm³/mol. The summed E-state index contributed by atoms with van der Waals surface area (Å²) in [5, 5.41) is 22.4. The number of rotatable bonds is 7. The monoisotopic (exact) mass is 298 g/mol. The third-order valence-corrected chi connectivity index (χ3v) is 3.78. The summed E-state index contributed by atoms with van der Waals surface area (Å²) in [6, 6.07) is 5.79. The van der Waals surface area contributed by atoms with E-state index in [1.54, 1.807) is 12.1 Å². The van der Waals surface area contributed by atoms with E-state index < -0.39 is 4.92 Å². The van der Waals surface area contributed by atoms with Crippen LogP contribution < -0.4 is 5.32 Å². The normalized spacial score (nSPS) is 12.2. The molecule has 6 nitrogen and oxygen atoms in total. The molecule has 2 N–H and O–H groups in total. The first-order chi connectivity index (χ1) is 9.43. The van der Waals surface area contributed by atoms with Crippen molar-refractivity contribution in [2.45, 2.75) is 24.8 Å². The van der Waals surface area contributed by atoms with Crippen molar-refractivity contribution < 1.29 is 14.8 Å². The average molecular weight is 298 g/mol. The highest BCUT2D eigenvalue weighted by Gasteiger charge is 2.15. The van der Waals surface area contributed by atoms with E-state index in [-0.39, 0.29) is 35.9 Å². The van der Waals surface area contributed by atoms with Gasteiger partial charge in [-0.15, -0.1) is 11.8 Å². The topological polar surface area (TPSA) is 92.5 Å². The molecule has 7 heteroatoms. The van der Waals surface area contributed by atoms with Crippen LogP contribution in [0.3, 0.4) is 0 Å². The molecule has 1 aromatic rings. The van der Waals surface area contributed by atoms with Crippen LogP contribution in [0.1, 0.15) is 13.8 Å². The van der Waals surface area contributed by atoms with Crippen LogP contribution in [0.25, 0.3) is 0 Å². The van der Waals surface area contributed by atoms with Crippen LogP contribution in [0.2, 0.25) is 0 Å². The molecule has 1 rings (SSSR count). The number of thioether (sulfide) groups is 1. The number of amides is 1. The first kappa shape index (κ1) is 16.5. The van der Waals surface area contributed by atoms with E-state index >= 15 is 0 Å². The summed E-state index contributed by atoms with van der Waals surface area (Å²) in [6.07, 6.45) is 0. The summed E-state index contributed by atoms with van der Waals surface area (Å²) in [4.78, 5) is 22.5. The maximum atomic E-state index is 11.7. The molecule has 1 atom stereocenters. The number of nitrogens with one attached hydrogen (secondary N) is 1. The van der Waals surface area contributed by atoms with Crippen molar-refractivity contribution in [1.82, 2.24) is 5.32 Å². The SMILES string of the molecule is CC(C)C(CO)NC(=O)CSc1ccc([N+](=O)[O-])cc1. The Labute approximate surface area is 121 Å². The molecule has 0 heterocycles. The van der Waals surface area contributed by atoms with Gasteiger partial charge in [-0.3, -0.25) is 14.9 Å². The van der Waals surface area contributed by atoms with E-state index in [1.807, 2.05) is 13.8 Å². The minimum Gasteiger partial charge on any atom is -0.394 e. The quantitative estimate of drug-likeness (QED) is 0.455. The second-order valence-corrected chi connectivity index (χ2v) is 5.69. The van der Waals surface area contributed by atoms with Gasteiger partial charge in [-0.1, -0.05) is 13.8 Å². The van der Waals surface area contributed by atoms with Gasteiger partial charge in [0.15, 0.2) is 0 Å². The summed E-state index contributed by atoms with van der Waals surface area (Å²) < 4.78 is 0. The number of benzene rings is 1. The van der Waals surface area contributed by atoms with Gasteiger partial charge in [-0.05, 0) is 18.1 Å². The number of aliphatic hydroxyl groups excluding tert-OH is 1. The number of nitro benzene ring substituents is 1. The Kier molecular flexibility index (Phi) is 6.47. The fourth-order valence-electron chi connectivity index (χ4n) is 1.48. The highest BCUT2D eigenvalue weighted by molar-refractivity contribution is 8.00. The van der Waals surface area contributed by atoms with E-state index in [4.69, 9.17) is 5.11 Å². The fourth-order valence-corrected chi connectivity index (χ4v) is 2.19. The minimum absolute atomic E-state index is 0.0268. The number of carbonyl (C=O) groups is 1. The predicted octanol–water partition coefficient (Wildman–Crippen LogP) is 1.82. The second-order valence-electron chi connectivity index (χ2n) is 4.64. The van der Waals surface area contributed by atoms with Gasteiger partial charge in [0.25, 0.3) is 5.69 Å².